The highest BCUT2D eigenvalue weighted by molar-refractivity contribution is 5.69. The monoisotopic (exact) mass is 943 g/mol. The van der Waals surface area contributed by atoms with E-state index in [-0.39, 0.29) is 25.6 Å². The Bertz CT molecular complexity index is 1230. The molecule has 0 saturated carbocycles. The van der Waals surface area contributed by atoms with Crippen LogP contribution in [0.5, 0.6) is 0 Å². The highest BCUT2D eigenvalue weighted by atomic mass is 16.7. The molecule has 0 aliphatic carbocycles. The Labute approximate surface area is 398 Å². The predicted molar refractivity (Wildman–Crippen MR) is 256 cm³/mol. The largest absolute Gasteiger partial charge is 0.457 e. The fourth-order valence-corrected chi connectivity index (χ4v) is 8.12. The Morgan fingerprint density at radius 2 is 0.939 bits per heavy atom. The molecule has 0 aromatic carbocycles. The number of allylic oxidation sites excluding steroid dienone is 6. The first-order chi connectivity index (χ1) is 32.1. The molecule has 2 heterocycles. The van der Waals surface area contributed by atoms with Gasteiger partial charge in [0.2, 0.25) is 0 Å². The molecule has 2 aliphatic rings. The van der Waals surface area contributed by atoms with Crippen LogP contribution in [0.15, 0.2) is 36.5 Å². The van der Waals surface area contributed by atoms with E-state index in [0.29, 0.717) is 13.0 Å². The van der Waals surface area contributed by atoms with Gasteiger partial charge in [0.15, 0.2) is 12.6 Å². The number of carbonyl (C=O) groups is 1. The Kier molecular flexibility index (Phi) is 36.6. The van der Waals surface area contributed by atoms with Gasteiger partial charge in [0, 0.05) is 13.0 Å². The van der Waals surface area contributed by atoms with E-state index in [0.717, 1.165) is 57.8 Å². The van der Waals surface area contributed by atoms with Crippen LogP contribution in [0.25, 0.3) is 0 Å². The number of hydrogen-bond acceptors (Lipinski definition) is 14. The van der Waals surface area contributed by atoms with Crippen LogP contribution in [0.4, 0.5) is 0 Å². The summed E-state index contributed by atoms with van der Waals surface area (Å²) in [6.45, 7) is 3.63. The first kappa shape index (κ1) is 60.3. The van der Waals surface area contributed by atoms with Gasteiger partial charge < -0.3 is 64.2 Å². The molecule has 0 aromatic heterocycles. The van der Waals surface area contributed by atoms with Gasteiger partial charge in [-0.2, -0.15) is 0 Å². The average Bonchev–Trinajstić information content (AvgIpc) is 3.31. The first-order valence-electron chi connectivity index (χ1n) is 26.1. The minimum Gasteiger partial charge on any atom is -0.457 e. The normalized spacial score (nSPS) is 26.6. The van der Waals surface area contributed by atoms with E-state index >= 15 is 0 Å². The van der Waals surface area contributed by atoms with Gasteiger partial charge in [-0.3, -0.25) is 4.79 Å². The van der Waals surface area contributed by atoms with E-state index < -0.39 is 80.7 Å². The van der Waals surface area contributed by atoms with Crippen molar-refractivity contribution in [3.8, 4) is 0 Å². The van der Waals surface area contributed by atoms with Crippen LogP contribution in [0.3, 0.4) is 0 Å². The third kappa shape index (κ3) is 27.4. The maximum Gasteiger partial charge on any atom is 0.306 e. The van der Waals surface area contributed by atoms with E-state index in [1.807, 2.05) is 0 Å². The third-order valence-corrected chi connectivity index (χ3v) is 12.4. The molecule has 2 aliphatic heterocycles. The molecule has 0 spiro atoms. The van der Waals surface area contributed by atoms with E-state index in [4.69, 9.17) is 28.4 Å². The number of carbonyl (C=O) groups excluding carboxylic acids is 1. The molecule has 0 amide bonds. The minimum atomic E-state index is -1.70. The average molecular weight is 943 g/mol. The second-order valence-electron chi connectivity index (χ2n) is 18.3. The number of aliphatic hydroxyl groups is 7. The van der Waals surface area contributed by atoms with Gasteiger partial charge in [0.05, 0.1) is 26.4 Å². The SMILES string of the molecule is CCCCCCC/C=C\C/C=C\C/C=C\CCCCCCCCCCCCC(=O)OC(COCCCCCCCCC)COC1OC(COC2OC(CO)C(O)C(O)C2O)C(O)C(O)C1O. The summed E-state index contributed by atoms with van der Waals surface area (Å²) in [6, 6.07) is 0. The predicted octanol–water partition coefficient (Wildman–Crippen LogP) is 7.80. The lowest BCUT2D eigenvalue weighted by Crippen LogP contribution is -2.61. The number of rotatable bonds is 41. The maximum atomic E-state index is 13.0. The Hall–Kier alpha value is -1.79. The molecule has 2 fully saturated rings. The summed E-state index contributed by atoms with van der Waals surface area (Å²) in [4.78, 5) is 13.0. The summed E-state index contributed by atoms with van der Waals surface area (Å²) in [7, 11) is 0. The molecule has 386 valence electrons. The van der Waals surface area contributed by atoms with Gasteiger partial charge in [0.25, 0.3) is 0 Å². The summed E-state index contributed by atoms with van der Waals surface area (Å²) in [6.07, 6.45) is 28.1. The molecular formula is C52H94O14. The quantitative estimate of drug-likeness (QED) is 0.0177. The zero-order valence-electron chi connectivity index (χ0n) is 40.9. The number of esters is 1. The van der Waals surface area contributed by atoms with Gasteiger partial charge in [-0.15, -0.1) is 0 Å². The summed E-state index contributed by atoms with van der Waals surface area (Å²) in [5, 5.41) is 71.9. The van der Waals surface area contributed by atoms with Crippen LogP contribution in [-0.2, 0) is 33.2 Å². The van der Waals surface area contributed by atoms with Crippen LogP contribution in [-0.4, -0.2) is 142 Å². The van der Waals surface area contributed by atoms with Crippen LogP contribution < -0.4 is 0 Å². The smallest absolute Gasteiger partial charge is 0.306 e. The summed E-state index contributed by atoms with van der Waals surface area (Å²) in [5.74, 6) is -0.382. The van der Waals surface area contributed by atoms with Crippen molar-refractivity contribution in [2.24, 2.45) is 0 Å². The number of ether oxygens (including phenoxy) is 6. The van der Waals surface area contributed by atoms with Crippen LogP contribution in [0.2, 0.25) is 0 Å². The van der Waals surface area contributed by atoms with Crippen molar-refractivity contribution in [2.45, 2.75) is 255 Å². The van der Waals surface area contributed by atoms with Crippen molar-refractivity contribution in [1.29, 1.82) is 0 Å². The van der Waals surface area contributed by atoms with E-state index in [1.165, 1.54) is 103 Å². The van der Waals surface area contributed by atoms with E-state index in [9.17, 15) is 40.5 Å². The number of unbranched alkanes of at least 4 members (excludes halogenated alkanes) is 21. The molecule has 14 nitrogen and oxygen atoms in total. The van der Waals surface area contributed by atoms with Gasteiger partial charge in [-0.1, -0.05) is 166 Å². The molecule has 7 N–H and O–H groups in total. The van der Waals surface area contributed by atoms with Gasteiger partial charge in [0.1, 0.15) is 54.9 Å². The van der Waals surface area contributed by atoms with Crippen LogP contribution >= 0.6 is 0 Å². The molecule has 11 unspecified atom stereocenters. The molecule has 66 heavy (non-hydrogen) atoms. The summed E-state index contributed by atoms with van der Waals surface area (Å²) >= 11 is 0. The Balaban J connectivity index is 1.66. The van der Waals surface area contributed by atoms with Crippen molar-refractivity contribution in [3.05, 3.63) is 36.5 Å². The molecular weight excluding hydrogens is 849 g/mol. The van der Waals surface area contributed by atoms with Gasteiger partial charge >= 0.3 is 5.97 Å². The lowest BCUT2D eigenvalue weighted by atomic mass is 9.98. The first-order valence-corrected chi connectivity index (χ1v) is 26.1. The second kappa shape index (κ2) is 40.0. The molecule has 0 bridgehead atoms. The van der Waals surface area contributed by atoms with Crippen molar-refractivity contribution >= 4 is 5.97 Å². The standard InChI is InChI=1S/C52H94O14/c1-3-5-7-9-11-12-13-14-15-16-17-18-19-20-21-22-23-24-25-26-27-28-29-31-33-35-44(54)64-41(38-61-36-34-32-30-10-8-6-4-2)39-62-51-50(60)48(58)46(56)43(66-51)40-63-52-49(59)47(57)45(55)42(37-53)65-52/h13-14,16-17,19-20,41-43,45-53,55-60H,3-12,15,18,21-40H2,1-2H3/b14-13-,17-16-,20-19-. The lowest BCUT2D eigenvalue weighted by Gasteiger charge is -2.42. The minimum absolute atomic E-state index is 0.0607. The maximum absolute atomic E-state index is 13.0. The van der Waals surface area contributed by atoms with Crippen molar-refractivity contribution in [2.75, 3.05) is 33.0 Å². The van der Waals surface area contributed by atoms with Gasteiger partial charge in [-0.25, -0.2) is 0 Å². The van der Waals surface area contributed by atoms with E-state index in [1.54, 1.807) is 0 Å². The van der Waals surface area contributed by atoms with Crippen molar-refractivity contribution in [3.63, 3.8) is 0 Å². The molecule has 11 atom stereocenters. The molecule has 0 aromatic rings. The Morgan fingerprint density at radius 3 is 1.47 bits per heavy atom. The highest BCUT2D eigenvalue weighted by Gasteiger charge is 2.47. The lowest BCUT2D eigenvalue weighted by molar-refractivity contribution is -0.332. The van der Waals surface area contributed by atoms with Gasteiger partial charge in [-0.05, 0) is 51.4 Å². The fourth-order valence-electron chi connectivity index (χ4n) is 8.12. The zero-order valence-corrected chi connectivity index (χ0v) is 40.9. The highest BCUT2D eigenvalue weighted by Crippen LogP contribution is 2.26. The third-order valence-electron chi connectivity index (χ3n) is 12.4. The van der Waals surface area contributed by atoms with Crippen molar-refractivity contribution < 1.29 is 69.0 Å². The topological polar surface area (TPSA) is 214 Å². The molecule has 14 heteroatoms. The van der Waals surface area contributed by atoms with Crippen molar-refractivity contribution in [1.82, 2.24) is 0 Å². The van der Waals surface area contributed by atoms with E-state index in [2.05, 4.69) is 50.3 Å². The summed E-state index contributed by atoms with van der Waals surface area (Å²) in [5.41, 5.74) is 0. The summed E-state index contributed by atoms with van der Waals surface area (Å²) < 4.78 is 34.1. The molecule has 2 rings (SSSR count). The van der Waals surface area contributed by atoms with Crippen LogP contribution in [0.1, 0.15) is 187 Å². The number of aliphatic hydroxyl groups excluding tert-OH is 7. The fraction of sp³-hybridized carbons (Fsp3) is 0.865. The molecule has 2 saturated heterocycles. The molecule has 0 radical (unpaired) electrons. The zero-order chi connectivity index (χ0) is 48.0. The van der Waals surface area contributed by atoms with Crippen LogP contribution in [0, 0.1) is 0 Å². The number of hydrogen-bond donors (Lipinski definition) is 7. The Morgan fingerprint density at radius 1 is 0.500 bits per heavy atom. The second-order valence-corrected chi connectivity index (χ2v) is 18.3.